The molecule has 1 N–H and O–H groups in total. The number of ether oxygens (including phenoxy) is 2. The molecule has 1 aliphatic heterocycles. The number of methoxy groups -OCH3 is 2. The summed E-state index contributed by atoms with van der Waals surface area (Å²) in [6.45, 7) is 2.08. The molecule has 0 spiro atoms. The Balaban J connectivity index is 1.63. The molecule has 0 saturated heterocycles. The van der Waals surface area contributed by atoms with Gasteiger partial charge in [-0.15, -0.1) is 0 Å². The van der Waals surface area contributed by atoms with E-state index in [2.05, 4.69) is 19.1 Å². The summed E-state index contributed by atoms with van der Waals surface area (Å²) >= 11 is 1.63. The Hall–Kier alpha value is -3.58. The molecule has 1 unspecified atom stereocenters. The number of aromatic hydroxyl groups is 1. The van der Waals surface area contributed by atoms with Crippen LogP contribution in [0.3, 0.4) is 0 Å². The SMILES string of the molecule is COc1ccc(OC)c(C2CC(c3ccc(O)cc3)=NN2c2nc3ccc(C)cc3s2)c1. The lowest BCUT2D eigenvalue weighted by Gasteiger charge is -2.23. The summed E-state index contributed by atoms with van der Waals surface area (Å²) in [7, 11) is 3.33. The van der Waals surface area contributed by atoms with Crippen LogP contribution in [0.2, 0.25) is 0 Å². The summed E-state index contributed by atoms with van der Waals surface area (Å²) in [6.07, 6.45) is 0.670. The molecule has 0 aliphatic carbocycles. The summed E-state index contributed by atoms with van der Waals surface area (Å²) < 4.78 is 12.3. The molecule has 2 heterocycles. The summed E-state index contributed by atoms with van der Waals surface area (Å²) in [5.41, 5.74) is 5.04. The minimum absolute atomic E-state index is 0.106. The van der Waals surface area contributed by atoms with Gasteiger partial charge in [-0.3, -0.25) is 0 Å². The highest BCUT2D eigenvalue weighted by Gasteiger charge is 2.34. The predicted molar refractivity (Wildman–Crippen MR) is 128 cm³/mol. The van der Waals surface area contributed by atoms with Crippen molar-refractivity contribution >= 4 is 32.4 Å². The molecule has 0 amide bonds. The number of phenols is 1. The van der Waals surface area contributed by atoms with Crippen molar-refractivity contribution in [2.75, 3.05) is 19.2 Å². The lowest BCUT2D eigenvalue weighted by molar-refractivity contribution is 0.395. The first-order valence-corrected chi connectivity index (χ1v) is 11.1. The maximum absolute atomic E-state index is 9.70. The van der Waals surface area contributed by atoms with Crippen LogP contribution in [0, 0.1) is 6.92 Å². The maximum atomic E-state index is 9.70. The van der Waals surface area contributed by atoms with Crippen molar-refractivity contribution < 1.29 is 14.6 Å². The average molecular weight is 446 g/mol. The molecule has 162 valence electrons. The number of benzene rings is 3. The highest BCUT2D eigenvalue weighted by atomic mass is 32.1. The lowest BCUT2D eigenvalue weighted by Crippen LogP contribution is -2.19. The van der Waals surface area contributed by atoms with Crippen LogP contribution < -0.4 is 14.5 Å². The van der Waals surface area contributed by atoms with Gasteiger partial charge in [0.1, 0.15) is 17.2 Å². The molecular formula is C25H23N3O3S. The third-order valence-electron chi connectivity index (χ3n) is 5.64. The Morgan fingerprint density at radius 1 is 1.00 bits per heavy atom. The van der Waals surface area contributed by atoms with Crippen molar-refractivity contribution in [1.82, 2.24) is 4.98 Å². The summed E-state index contributed by atoms with van der Waals surface area (Å²) in [6, 6.07) is 19.1. The van der Waals surface area contributed by atoms with E-state index >= 15 is 0 Å². The molecule has 0 radical (unpaired) electrons. The highest BCUT2D eigenvalue weighted by Crippen LogP contribution is 2.43. The number of hydrazone groups is 1. The Bertz CT molecular complexity index is 1310. The molecule has 3 aromatic carbocycles. The summed E-state index contributed by atoms with van der Waals surface area (Å²) in [4.78, 5) is 4.88. The molecule has 4 aromatic rings. The van der Waals surface area contributed by atoms with E-state index in [1.165, 1.54) is 5.56 Å². The van der Waals surface area contributed by atoms with Gasteiger partial charge >= 0.3 is 0 Å². The van der Waals surface area contributed by atoms with E-state index in [0.717, 1.165) is 43.7 Å². The molecule has 5 rings (SSSR count). The first-order valence-electron chi connectivity index (χ1n) is 10.3. The van der Waals surface area contributed by atoms with Crippen LogP contribution in [0.1, 0.15) is 29.2 Å². The standard InChI is InChI=1S/C25H23N3O3S/c1-15-4-10-20-24(12-15)32-25(26-20)28-22(19-13-18(30-2)9-11-23(19)31-3)14-21(27-28)16-5-7-17(29)8-6-16/h4-13,22,29H,14H2,1-3H3. The summed E-state index contributed by atoms with van der Waals surface area (Å²) in [5, 5.41) is 17.5. The maximum Gasteiger partial charge on any atom is 0.207 e. The van der Waals surface area contributed by atoms with Crippen LogP contribution >= 0.6 is 11.3 Å². The topological polar surface area (TPSA) is 67.2 Å². The van der Waals surface area contributed by atoms with Crippen LogP contribution in [0.4, 0.5) is 5.13 Å². The van der Waals surface area contributed by atoms with Crippen LogP contribution in [-0.2, 0) is 0 Å². The minimum Gasteiger partial charge on any atom is -0.508 e. The number of thiazole rings is 1. The zero-order valence-electron chi connectivity index (χ0n) is 18.1. The van der Waals surface area contributed by atoms with Crippen LogP contribution in [0.25, 0.3) is 10.2 Å². The van der Waals surface area contributed by atoms with Gasteiger partial charge in [-0.25, -0.2) is 9.99 Å². The molecule has 1 aliphatic rings. The number of rotatable bonds is 5. The lowest BCUT2D eigenvalue weighted by atomic mass is 9.97. The fourth-order valence-corrected chi connectivity index (χ4v) is 5.04. The number of hydrogen-bond donors (Lipinski definition) is 1. The molecule has 0 saturated carbocycles. The Labute approximate surface area is 190 Å². The number of aromatic nitrogens is 1. The van der Waals surface area contributed by atoms with Crippen molar-refractivity contribution in [2.24, 2.45) is 5.10 Å². The Kier molecular flexibility index (Phi) is 5.19. The first-order chi connectivity index (χ1) is 15.6. The second kappa shape index (κ2) is 8.16. The number of hydrogen-bond acceptors (Lipinski definition) is 7. The van der Waals surface area contributed by atoms with Crippen LogP contribution in [0.5, 0.6) is 17.2 Å². The van der Waals surface area contributed by atoms with Gasteiger partial charge < -0.3 is 14.6 Å². The van der Waals surface area contributed by atoms with Gasteiger partial charge in [0.25, 0.3) is 0 Å². The van der Waals surface area contributed by atoms with Crippen molar-refractivity contribution in [3.05, 3.63) is 77.4 Å². The molecule has 7 heteroatoms. The van der Waals surface area contributed by atoms with E-state index < -0.39 is 0 Å². The average Bonchev–Trinajstić information content (AvgIpc) is 3.43. The van der Waals surface area contributed by atoms with Gasteiger partial charge in [0.2, 0.25) is 5.13 Å². The monoisotopic (exact) mass is 445 g/mol. The van der Waals surface area contributed by atoms with Crippen LogP contribution in [-0.4, -0.2) is 30.0 Å². The Morgan fingerprint density at radius 3 is 2.56 bits per heavy atom. The van der Waals surface area contributed by atoms with E-state index in [4.69, 9.17) is 19.6 Å². The number of phenolic OH excluding ortho intramolecular Hbond substituents is 1. The molecule has 32 heavy (non-hydrogen) atoms. The Morgan fingerprint density at radius 2 is 1.81 bits per heavy atom. The quantitative estimate of drug-likeness (QED) is 0.428. The van der Waals surface area contributed by atoms with Crippen molar-refractivity contribution in [3.8, 4) is 17.2 Å². The fraction of sp³-hybridized carbons (Fsp3) is 0.200. The third kappa shape index (κ3) is 3.65. The normalized spacial score (nSPS) is 15.8. The van der Waals surface area contributed by atoms with E-state index in [9.17, 15) is 5.11 Å². The summed E-state index contributed by atoms with van der Waals surface area (Å²) in [5.74, 6) is 1.77. The molecule has 1 atom stereocenters. The predicted octanol–water partition coefficient (Wildman–Crippen LogP) is 5.68. The minimum atomic E-state index is -0.106. The highest BCUT2D eigenvalue weighted by molar-refractivity contribution is 7.22. The molecule has 0 bridgehead atoms. The van der Waals surface area contributed by atoms with E-state index in [-0.39, 0.29) is 11.8 Å². The van der Waals surface area contributed by atoms with E-state index in [1.807, 2.05) is 41.4 Å². The van der Waals surface area contributed by atoms with E-state index in [1.54, 1.807) is 37.7 Å². The molecule has 0 fully saturated rings. The number of nitrogens with zero attached hydrogens (tertiary/aromatic N) is 3. The number of fused-ring (bicyclic) bond motifs is 1. The molecule has 1 aromatic heterocycles. The zero-order valence-corrected chi connectivity index (χ0v) is 18.9. The first kappa shape index (κ1) is 20.3. The smallest absolute Gasteiger partial charge is 0.207 e. The van der Waals surface area contributed by atoms with Gasteiger partial charge in [0.15, 0.2) is 0 Å². The van der Waals surface area contributed by atoms with Crippen LogP contribution in [0.15, 0.2) is 65.8 Å². The van der Waals surface area contributed by atoms with Crippen molar-refractivity contribution in [1.29, 1.82) is 0 Å². The van der Waals surface area contributed by atoms with Gasteiger partial charge in [-0.2, -0.15) is 5.10 Å². The zero-order chi connectivity index (χ0) is 22.2. The largest absolute Gasteiger partial charge is 0.508 e. The molecular weight excluding hydrogens is 422 g/mol. The number of aryl methyl sites for hydroxylation is 1. The van der Waals surface area contributed by atoms with Gasteiger partial charge in [0.05, 0.1) is 36.2 Å². The molecule has 6 nitrogen and oxygen atoms in total. The second-order valence-corrected chi connectivity index (χ2v) is 8.74. The van der Waals surface area contributed by atoms with Crippen molar-refractivity contribution in [3.63, 3.8) is 0 Å². The van der Waals surface area contributed by atoms with Gasteiger partial charge in [-0.1, -0.05) is 17.4 Å². The van der Waals surface area contributed by atoms with Gasteiger partial charge in [0, 0.05) is 12.0 Å². The number of anilines is 1. The second-order valence-electron chi connectivity index (χ2n) is 7.73. The third-order valence-corrected chi connectivity index (χ3v) is 6.64. The van der Waals surface area contributed by atoms with E-state index in [0.29, 0.717) is 6.42 Å². The van der Waals surface area contributed by atoms with Crippen molar-refractivity contribution in [2.45, 2.75) is 19.4 Å². The fourth-order valence-electron chi connectivity index (χ4n) is 3.97. The van der Waals surface area contributed by atoms with Gasteiger partial charge in [-0.05, 0) is 72.6 Å².